The molecular weight excluding hydrogens is 212 g/mol. The molecule has 0 bridgehead atoms. The van der Waals surface area contributed by atoms with Gasteiger partial charge in [0.05, 0.1) is 0 Å². The van der Waals surface area contributed by atoms with Crippen molar-refractivity contribution in [3.05, 3.63) is 0 Å². The average molecular weight is 240 g/mol. The summed E-state index contributed by atoms with van der Waals surface area (Å²) in [6.07, 6.45) is 9.14. The van der Waals surface area contributed by atoms with Crippen molar-refractivity contribution >= 4 is 0 Å². The second-order valence-corrected chi connectivity index (χ2v) is 5.79. The number of aliphatic hydroxyl groups is 1. The van der Waals surface area contributed by atoms with Crippen molar-refractivity contribution in [3.8, 4) is 0 Å². The maximum atomic E-state index is 9.24. The van der Waals surface area contributed by atoms with Gasteiger partial charge in [0.2, 0.25) is 0 Å². The molecule has 1 saturated heterocycles. The molecule has 1 aliphatic heterocycles. The maximum absolute atomic E-state index is 9.24. The van der Waals surface area contributed by atoms with E-state index in [0.717, 1.165) is 19.0 Å². The third-order valence-corrected chi connectivity index (χ3v) is 4.50. The zero-order valence-corrected chi connectivity index (χ0v) is 11.2. The number of aliphatic hydroxyl groups excluding tert-OH is 1. The lowest BCUT2D eigenvalue weighted by Crippen LogP contribution is -2.47. The molecule has 1 saturated carbocycles. The summed E-state index contributed by atoms with van der Waals surface area (Å²) in [7, 11) is 0. The summed E-state index contributed by atoms with van der Waals surface area (Å²) in [6.45, 7) is 4.87. The largest absolute Gasteiger partial charge is 0.396 e. The third-order valence-electron chi connectivity index (χ3n) is 4.50. The molecule has 2 atom stereocenters. The minimum atomic E-state index is 0.323. The van der Waals surface area contributed by atoms with E-state index in [1.165, 1.54) is 45.1 Å². The van der Waals surface area contributed by atoms with Crippen LogP contribution in [0.2, 0.25) is 0 Å². The lowest BCUT2D eigenvalue weighted by atomic mass is 9.92. The summed E-state index contributed by atoms with van der Waals surface area (Å²) in [4.78, 5) is 2.70. The number of hydrogen-bond acceptors (Lipinski definition) is 3. The Hall–Kier alpha value is -0.120. The normalized spacial score (nSPS) is 33.5. The Morgan fingerprint density at radius 1 is 1.18 bits per heavy atom. The number of hydrogen-bond donors (Lipinski definition) is 2. The maximum Gasteiger partial charge on any atom is 0.0446 e. The molecule has 17 heavy (non-hydrogen) atoms. The molecule has 2 N–H and O–H groups in total. The summed E-state index contributed by atoms with van der Waals surface area (Å²) in [5.41, 5.74) is 0. The van der Waals surface area contributed by atoms with Crippen LogP contribution >= 0.6 is 0 Å². The fraction of sp³-hybridized carbons (Fsp3) is 1.00. The van der Waals surface area contributed by atoms with E-state index >= 15 is 0 Å². The van der Waals surface area contributed by atoms with Gasteiger partial charge in [-0.3, -0.25) is 4.90 Å². The smallest absolute Gasteiger partial charge is 0.0446 e. The van der Waals surface area contributed by atoms with Gasteiger partial charge >= 0.3 is 0 Å². The molecule has 3 nitrogen and oxygen atoms in total. The molecular formula is C14H28N2O. The van der Waals surface area contributed by atoms with Gasteiger partial charge in [0.25, 0.3) is 0 Å². The average Bonchev–Trinajstić information content (AvgIpc) is 2.54. The van der Waals surface area contributed by atoms with Gasteiger partial charge in [-0.1, -0.05) is 19.3 Å². The van der Waals surface area contributed by atoms with Gasteiger partial charge in [0.15, 0.2) is 0 Å². The summed E-state index contributed by atoms with van der Waals surface area (Å²) >= 11 is 0. The third kappa shape index (κ3) is 3.67. The van der Waals surface area contributed by atoms with Crippen molar-refractivity contribution in [1.82, 2.24) is 10.2 Å². The highest BCUT2D eigenvalue weighted by Gasteiger charge is 2.29. The Balaban J connectivity index is 1.97. The molecule has 2 aliphatic rings. The van der Waals surface area contributed by atoms with Gasteiger partial charge in [-0.2, -0.15) is 0 Å². The lowest BCUT2D eigenvalue weighted by Gasteiger charge is -2.38. The first-order chi connectivity index (χ1) is 8.31. The molecule has 2 unspecified atom stereocenters. The standard InChI is InChI=1S/C14H28N2O/c1-12-7-9-16(13-5-3-2-4-6-13)14(8-10-17)11-15-12/h12-15,17H,2-11H2,1H3. The van der Waals surface area contributed by atoms with Crippen LogP contribution in [0.4, 0.5) is 0 Å². The van der Waals surface area contributed by atoms with Crippen LogP contribution in [-0.4, -0.2) is 47.8 Å². The van der Waals surface area contributed by atoms with Crippen LogP contribution in [0.15, 0.2) is 0 Å². The van der Waals surface area contributed by atoms with Gasteiger partial charge in [-0.25, -0.2) is 0 Å². The highest BCUT2D eigenvalue weighted by Crippen LogP contribution is 2.26. The Labute approximate surface area is 106 Å². The van der Waals surface area contributed by atoms with Gasteiger partial charge in [0, 0.05) is 37.8 Å². The summed E-state index contributed by atoms with van der Waals surface area (Å²) < 4.78 is 0. The van der Waals surface area contributed by atoms with E-state index in [-0.39, 0.29) is 0 Å². The van der Waals surface area contributed by atoms with Crippen LogP contribution in [0.25, 0.3) is 0 Å². The van der Waals surface area contributed by atoms with E-state index in [9.17, 15) is 5.11 Å². The molecule has 2 fully saturated rings. The first kappa shape index (κ1) is 13.3. The molecule has 1 heterocycles. The number of rotatable bonds is 3. The van der Waals surface area contributed by atoms with Crippen LogP contribution in [0.1, 0.15) is 51.9 Å². The second kappa shape index (κ2) is 6.72. The molecule has 0 spiro atoms. The molecule has 0 aromatic carbocycles. The summed E-state index contributed by atoms with van der Waals surface area (Å²) in [5.74, 6) is 0. The minimum Gasteiger partial charge on any atom is -0.396 e. The SMILES string of the molecule is CC1CCN(C2CCCCC2)C(CCO)CN1. The minimum absolute atomic E-state index is 0.323. The lowest BCUT2D eigenvalue weighted by molar-refractivity contribution is 0.0943. The van der Waals surface area contributed by atoms with E-state index in [0.29, 0.717) is 18.7 Å². The van der Waals surface area contributed by atoms with E-state index in [1.54, 1.807) is 0 Å². The summed E-state index contributed by atoms with van der Waals surface area (Å²) in [6, 6.07) is 1.96. The quantitative estimate of drug-likeness (QED) is 0.789. The molecule has 3 heteroatoms. The van der Waals surface area contributed by atoms with Crippen LogP contribution in [0.3, 0.4) is 0 Å². The van der Waals surface area contributed by atoms with Crippen molar-refractivity contribution in [2.75, 3.05) is 19.7 Å². The fourth-order valence-electron chi connectivity index (χ4n) is 3.39. The van der Waals surface area contributed by atoms with Crippen molar-refractivity contribution < 1.29 is 5.11 Å². The van der Waals surface area contributed by atoms with E-state index in [1.807, 2.05) is 0 Å². The molecule has 2 rings (SSSR count). The Morgan fingerprint density at radius 3 is 2.65 bits per heavy atom. The highest BCUT2D eigenvalue weighted by molar-refractivity contribution is 4.86. The van der Waals surface area contributed by atoms with Gasteiger partial charge < -0.3 is 10.4 Å². The van der Waals surface area contributed by atoms with E-state index in [4.69, 9.17) is 0 Å². The van der Waals surface area contributed by atoms with E-state index < -0.39 is 0 Å². The van der Waals surface area contributed by atoms with Crippen LogP contribution in [0, 0.1) is 0 Å². The van der Waals surface area contributed by atoms with Crippen LogP contribution in [-0.2, 0) is 0 Å². The zero-order valence-electron chi connectivity index (χ0n) is 11.2. The molecule has 0 amide bonds. The van der Waals surface area contributed by atoms with Crippen molar-refractivity contribution in [1.29, 1.82) is 0 Å². The van der Waals surface area contributed by atoms with Crippen molar-refractivity contribution in [2.24, 2.45) is 0 Å². The van der Waals surface area contributed by atoms with Crippen molar-refractivity contribution in [2.45, 2.75) is 70.0 Å². The number of nitrogens with one attached hydrogen (secondary N) is 1. The molecule has 0 aromatic heterocycles. The summed E-state index contributed by atoms with van der Waals surface area (Å²) in [5, 5.41) is 12.8. The molecule has 0 aromatic rings. The highest BCUT2D eigenvalue weighted by atomic mass is 16.3. The predicted octanol–water partition coefficient (Wildman–Crippen LogP) is 1.75. The Morgan fingerprint density at radius 2 is 1.94 bits per heavy atom. The molecule has 1 aliphatic carbocycles. The monoisotopic (exact) mass is 240 g/mol. The topological polar surface area (TPSA) is 35.5 Å². The van der Waals surface area contributed by atoms with Gasteiger partial charge in [0.1, 0.15) is 0 Å². The Bertz CT molecular complexity index is 216. The van der Waals surface area contributed by atoms with Crippen LogP contribution < -0.4 is 5.32 Å². The fourth-order valence-corrected chi connectivity index (χ4v) is 3.39. The molecule has 0 radical (unpaired) electrons. The first-order valence-electron chi connectivity index (χ1n) is 7.41. The van der Waals surface area contributed by atoms with Crippen molar-refractivity contribution in [3.63, 3.8) is 0 Å². The molecule has 100 valence electrons. The first-order valence-corrected chi connectivity index (χ1v) is 7.41. The van der Waals surface area contributed by atoms with E-state index in [2.05, 4.69) is 17.1 Å². The van der Waals surface area contributed by atoms with Crippen LogP contribution in [0.5, 0.6) is 0 Å². The predicted molar refractivity (Wildman–Crippen MR) is 71.2 cm³/mol. The number of nitrogens with zero attached hydrogens (tertiary/aromatic N) is 1. The second-order valence-electron chi connectivity index (χ2n) is 5.79. The zero-order chi connectivity index (χ0) is 12.1. The van der Waals surface area contributed by atoms with Gasteiger partial charge in [-0.15, -0.1) is 0 Å². The Kier molecular flexibility index (Phi) is 5.26. The van der Waals surface area contributed by atoms with Gasteiger partial charge in [-0.05, 0) is 32.6 Å².